The minimum atomic E-state index is 0.116. The van der Waals surface area contributed by atoms with Gasteiger partial charge in [0.25, 0.3) is 0 Å². The highest BCUT2D eigenvalue weighted by molar-refractivity contribution is 5.95. The molecule has 68 valence electrons. The number of nitroso groups, excluding NO2 is 1. The minimum absolute atomic E-state index is 0.116. The maximum absolute atomic E-state index is 11.2. The maximum atomic E-state index is 11.2. The molecule has 0 fully saturated rings. The first-order valence-corrected chi connectivity index (χ1v) is 4.19. The number of carbonyl (C=O) groups excluding carboxylic acids is 1. The van der Waals surface area contributed by atoms with Crippen molar-refractivity contribution in [2.75, 3.05) is 0 Å². The van der Waals surface area contributed by atoms with Crippen LogP contribution in [0.3, 0.4) is 0 Å². The zero-order valence-electron chi connectivity index (χ0n) is 7.49. The fraction of sp³-hybridized carbons (Fsp3) is 0.300. The monoisotopic (exact) mass is 177 g/mol. The van der Waals surface area contributed by atoms with Crippen molar-refractivity contribution < 1.29 is 4.79 Å². The third-order valence-corrected chi connectivity index (χ3v) is 1.84. The van der Waals surface area contributed by atoms with Crippen LogP contribution in [0.5, 0.6) is 0 Å². The lowest BCUT2D eigenvalue weighted by Gasteiger charge is -1.98. The molecule has 0 N–H and O–H groups in total. The Bertz CT molecular complexity index is 303. The molecule has 0 aliphatic rings. The molecule has 0 saturated heterocycles. The Hall–Kier alpha value is -1.51. The summed E-state index contributed by atoms with van der Waals surface area (Å²) in [5.74, 6) is 0.116. The van der Waals surface area contributed by atoms with E-state index in [-0.39, 0.29) is 12.3 Å². The lowest BCUT2D eigenvalue weighted by atomic mass is 10.1. The zero-order valence-corrected chi connectivity index (χ0v) is 7.49. The molecule has 0 heterocycles. The smallest absolute Gasteiger partial charge is 0.162 e. The number of rotatable bonds is 4. The van der Waals surface area contributed by atoms with Crippen LogP contribution in [0.1, 0.15) is 29.3 Å². The van der Waals surface area contributed by atoms with Crippen molar-refractivity contribution in [3.63, 3.8) is 0 Å². The van der Waals surface area contributed by atoms with Gasteiger partial charge in [-0.3, -0.25) is 4.79 Å². The summed E-state index contributed by atoms with van der Waals surface area (Å²) in [6, 6.07) is 6.97. The van der Waals surface area contributed by atoms with Crippen molar-refractivity contribution in [1.82, 2.24) is 0 Å². The van der Waals surface area contributed by atoms with Gasteiger partial charge in [-0.15, -0.1) is 0 Å². The number of hydrogen-bond donors (Lipinski definition) is 0. The Labute approximate surface area is 76.7 Å². The van der Waals surface area contributed by atoms with Gasteiger partial charge < -0.3 is 0 Å². The SMILES string of the molecule is CCC(=O)c1ccc(CN=O)cc1. The van der Waals surface area contributed by atoms with Crippen LogP contribution in [-0.4, -0.2) is 5.78 Å². The van der Waals surface area contributed by atoms with Crippen molar-refractivity contribution in [1.29, 1.82) is 0 Å². The van der Waals surface area contributed by atoms with Crippen LogP contribution in [0, 0.1) is 4.91 Å². The van der Waals surface area contributed by atoms with Gasteiger partial charge in [0.05, 0.1) is 0 Å². The summed E-state index contributed by atoms with van der Waals surface area (Å²) in [7, 11) is 0. The molecule has 0 bridgehead atoms. The molecular formula is C10H11NO2. The Balaban J connectivity index is 2.80. The average molecular weight is 177 g/mol. The van der Waals surface area contributed by atoms with Gasteiger partial charge in [-0.2, -0.15) is 4.91 Å². The van der Waals surface area contributed by atoms with Crippen LogP contribution in [-0.2, 0) is 6.54 Å². The van der Waals surface area contributed by atoms with E-state index in [2.05, 4.69) is 5.18 Å². The lowest BCUT2D eigenvalue weighted by molar-refractivity contribution is 0.0988. The van der Waals surface area contributed by atoms with Crippen LogP contribution in [0.4, 0.5) is 0 Å². The van der Waals surface area contributed by atoms with E-state index in [0.717, 1.165) is 5.56 Å². The maximum Gasteiger partial charge on any atom is 0.162 e. The average Bonchev–Trinajstić information content (AvgIpc) is 2.18. The Morgan fingerprint density at radius 3 is 2.38 bits per heavy atom. The van der Waals surface area contributed by atoms with Crippen LogP contribution >= 0.6 is 0 Å². The van der Waals surface area contributed by atoms with Crippen molar-refractivity contribution in [3.05, 3.63) is 40.3 Å². The predicted octanol–water partition coefficient (Wildman–Crippen LogP) is 2.55. The molecule has 3 heteroatoms. The standard InChI is InChI=1S/C10H11NO2/c1-2-10(12)9-5-3-8(4-6-9)7-11-13/h3-6H,2,7H2,1H3. The molecule has 0 unspecified atom stereocenters. The second kappa shape index (κ2) is 4.50. The molecule has 13 heavy (non-hydrogen) atoms. The van der Waals surface area contributed by atoms with E-state index in [1.807, 2.05) is 6.92 Å². The summed E-state index contributed by atoms with van der Waals surface area (Å²) in [5, 5.41) is 2.77. The molecule has 0 amide bonds. The Morgan fingerprint density at radius 1 is 1.31 bits per heavy atom. The fourth-order valence-electron chi connectivity index (χ4n) is 1.07. The number of Topliss-reactive ketones (excluding diaryl/α,β-unsaturated/α-hetero) is 1. The third-order valence-electron chi connectivity index (χ3n) is 1.84. The number of ketones is 1. The van der Waals surface area contributed by atoms with Crippen LogP contribution < -0.4 is 0 Å². The summed E-state index contributed by atoms with van der Waals surface area (Å²) in [5.41, 5.74) is 1.53. The first kappa shape index (κ1) is 9.58. The lowest BCUT2D eigenvalue weighted by Crippen LogP contribution is -1.95. The second-order valence-electron chi connectivity index (χ2n) is 2.76. The topological polar surface area (TPSA) is 46.5 Å². The normalized spacial score (nSPS) is 9.62. The summed E-state index contributed by atoms with van der Waals surface area (Å²) >= 11 is 0. The molecule has 0 spiro atoms. The van der Waals surface area contributed by atoms with E-state index in [1.54, 1.807) is 24.3 Å². The van der Waals surface area contributed by atoms with Crippen molar-refractivity contribution in [2.45, 2.75) is 19.9 Å². The van der Waals surface area contributed by atoms with Crippen LogP contribution in [0.15, 0.2) is 29.4 Å². The van der Waals surface area contributed by atoms with Crippen molar-refractivity contribution in [3.8, 4) is 0 Å². The van der Waals surface area contributed by atoms with Gasteiger partial charge in [0.15, 0.2) is 5.78 Å². The predicted molar refractivity (Wildman–Crippen MR) is 50.6 cm³/mol. The number of benzene rings is 1. The Kier molecular flexibility index (Phi) is 3.31. The zero-order chi connectivity index (χ0) is 9.68. The number of hydrogen-bond acceptors (Lipinski definition) is 3. The molecule has 0 radical (unpaired) electrons. The van der Waals surface area contributed by atoms with E-state index in [4.69, 9.17) is 0 Å². The highest BCUT2D eigenvalue weighted by atomic mass is 16.3. The van der Waals surface area contributed by atoms with Gasteiger partial charge in [0.1, 0.15) is 6.54 Å². The van der Waals surface area contributed by atoms with E-state index in [9.17, 15) is 9.70 Å². The molecule has 0 aliphatic carbocycles. The van der Waals surface area contributed by atoms with Gasteiger partial charge in [0, 0.05) is 12.0 Å². The quantitative estimate of drug-likeness (QED) is 0.524. The third kappa shape index (κ3) is 2.47. The number of carbonyl (C=O) groups is 1. The minimum Gasteiger partial charge on any atom is -0.294 e. The molecule has 0 atom stereocenters. The van der Waals surface area contributed by atoms with E-state index in [0.29, 0.717) is 12.0 Å². The van der Waals surface area contributed by atoms with Crippen LogP contribution in [0.25, 0.3) is 0 Å². The number of nitrogens with zero attached hydrogens (tertiary/aromatic N) is 1. The first-order valence-electron chi connectivity index (χ1n) is 4.19. The van der Waals surface area contributed by atoms with Crippen molar-refractivity contribution >= 4 is 5.78 Å². The molecular weight excluding hydrogens is 166 g/mol. The largest absolute Gasteiger partial charge is 0.294 e. The van der Waals surface area contributed by atoms with Gasteiger partial charge in [-0.05, 0) is 5.56 Å². The van der Waals surface area contributed by atoms with E-state index >= 15 is 0 Å². The molecule has 0 saturated carbocycles. The van der Waals surface area contributed by atoms with E-state index in [1.165, 1.54) is 0 Å². The molecule has 3 nitrogen and oxygen atoms in total. The molecule has 1 aromatic rings. The molecule has 0 aliphatic heterocycles. The van der Waals surface area contributed by atoms with Gasteiger partial charge in [-0.25, -0.2) is 0 Å². The fourth-order valence-corrected chi connectivity index (χ4v) is 1.07. The molecule has 1 rings (SSSR count). The summed E-state index contributed by atoms with van der Waals surface area (Å²) in [6.07, 6.45) is 0.505. The summed E-state index contributed by atoms with van der Waals surface area (Å²) < 4.78 is 0. The van der Waals surface area contributed by atoms with Crippen molar-refractivity contribution in [2.24, 2.45) is 5.18 Å². The summed E-state index contributed by atoms with van der Waals surface area (Å²) in [6.45, 7) is 1.99. The highest BCUT2D eigenvalue weighted by Gasteiger charge is 2.01. The molecule has 0 aromatic heterocycles. The molecule has 1 aromatic carbocycles. The Morgan fingerprint density at radius 2 is 1.92 bits per heavy atom. The second-order valence-corrected chi connectivity index (χ2v) is 2.76. The van der Waals surface area contributed by atoms with E-state index < -0.39 is 0 Å². The highest BCUT2D eigenvalue weighted by Crippen LogP contribution is 2.07. The van der Waals surface area contributed by atoms with Gasteiger partial charge in [0.2, 0.25) is 0 Å². The van der Waals surface area contributed by atoms with Gasteiger partial charge in [-0.1, -0.05) is 36.4 Å². The first-order chi connectivity index (χ1) is 6.27. The van der Waals surface area contributed by atoms with Gasteiger partial charge >= 0.3 is 0 Å². The van der Waals surface area contributed by atoms with Crippen LogP contribution in [0.2, 0.25) is 0 Å². The summed E-state index contributed by atoms with van der Waals surface area (Å²) in [4.78, 5) is 21.1.